The van der Waals surface area contributed by atoms with Crippen molar-refractivity contribution in [2.75, 3.05) is 30.8 Å². The molecule has 0 aromatic carbocycles. The van der Waals surface area contributed by atoms with Gasteiger partial charge in [-0.15, -0.1) is 0 Å². The number of nitrogen functional groups attached to an aromatic ring is 1. The molecule has 0 amide bonds. The van der Waals surface area contributed by atoms with Gasteiger partial charge >= 0.3 is 0 Å². The number of ether oxygens (including phenoxy) is 1. The summed E-state index contributed by atoms with van der Waals surface area (Å²) in [6.07, 6.45) is 0.782. The van der Waals surface area contributed by atoms with Crippen molar-refractivity contribution in [3.05, 3.63) is 11.4 Å². The normalized spacial score (nSPS) is 10.4. The van der Waals surface area contributed by atoms with Crippen LogP contribution in [0.5, 0.6) is 0 Å². The molecule has 0 saturated heterocycles. The van der Waals surface area contributed by atoms with Crippen molar-refractivity contribution in [2.45, 2.75) is 27.2 Å². The first-order valence-electron chi connectivity index (χ1n) is 5.63. The highest BCUT2D eigenvalue weighted by molar-refractivity contribution is 5.54. The van der Waals surface area contributed by atoms with Gasteiger partial charge in [-0.3, -0.25) is 0 Å². The van der Waals surface area contributed by atoms with Gasteiger partial charge in [-0.1, -0.05) is 6.92 Å². The molecule has 1 rings (SSSR count). The quantitative estimate of drug-likeness (QED) is 0.714. The summed E-state index contributed by atoms with van der Waals surface area (Å²) >= 11 is 0. The summed E-state index contributed by atoms with van der Waals surface area (Å²) in [7, 11) is 0. The van der Waals surface area contributed by atoms with Crippen LogP contribution < -0.4 is 11.1 Å². The van der Waals surface area contributed by atoms with Crippen LogP contribution in [-0.4, -0.2) is 29.7 Å². The number of nitrogens with zero attached hydrogens (tertiary/aromatic N) is 2. The summed E-state index contributed by atoms with van der Waals surface area (Å²) in [6.45, 7) is 8.03. The van der Waals surface area contributed by atoms with Crippen molar-refractivity contribution < 1.29 is 4.74 Å². The number of hydrogen-bond donors (Lipinski definition) is 2. The van der Waals surface area contributed by atoms with Crippen LogP contribution in [0.15, 0.2) is 0 Å². The van der Waals surface area contributed by atoms with Gasteiger partial charge in [-0.05, 0) is 13.8 Å². The zero-order valence-corrected chi connectivity index (χ0v) is 10.2. The lowest BCUT2D eigenvalue weighted by molar-refractivity contribution is 0.158. The number of aromatic nitrogens is 2. The van der Waals surface area contributed by atoms with Gasteiger partial charge < -0.3 is 15.8 Å². The van der Waals surface area contributed by atoms with Crippen LogP contribution in [0.2, 0.25) is 0 Å². The van der Waals surface area contributed by atoms with E-state index in [-0.39, 0.29) is 0 Å². The van der Waals surface area contributed by atoms with Crippen LogP contribution in [0, 0.1) is 6.92 Å². The zero-order valence-electron chi connectivity index (χ0n) is 10.2. The van der Waals surface area contributed by atoms with E-state index < -0.39 is 0 Å². The summed E-state index contributed by atoms with van der Waals surface area (Å²) in [5.41, 5.74) is 6.70. The molecule has 1 aromatic rings. The van der Waals surface area contributed by atoms with E-state index in [1.165, 1.54) is 0 Å². The van der Waals surface area contributed by atoms with E-state index in [0.717, 1.165) is 36.8 Å². The Hall–Kier alpha value is -1.36. The van der Waals surface area contributed by atoms with Gasteiger partial charge in [0.15, 0.2) is 0 Å². The van der Waals surface area contributed by atoms with Crippen molar-refractivity contribution in [2.24, 2.45) is 0 Å². The highest BCUT2D eigenvalue weighted by Crippen LogP contribution is 2.16. The van der Waals surface area contributed by atoms with E-state index in [2.05, 4.69) is 15.3 Å². The molecule has 5 heteroatoms. The van der Waals surface area contributed by atoms with Gasteiger partial charge in [0.2, 0.25) is 0 Å². The fourth-order valence-electron chi connectivity index (χ4n) is 1.30. The van der Waals surface area contributed by atoms with Crippen molar-refractivity contribution in [1.82, 2.24) is 9.97 Å². The average molecular weight is 224 g/mol. The fraction of sp³-hybridized carbons (Fsp3) is 0.636. The maximum atomic E-state index is 5.81. The number of nitrogens with two attached hydrogens (primary N) is 1. The van der Waals surface area contributed by atoms with E-state index >= 15 is 0 Å². The summed E-state index contributed by atoms with van der Waals surface area (Å²) in [6, 6.07) is 0. The molecule has 3 N–H and O–H groups in total. The Kier molecular flexibility index (Phi) is 4.98. The second-order valence-electron chi connectivity index (χ2n) is 3.48. The van der Waals surface area contributed by atoms with E-state index in [1.807, 2.05) is 20.8 Å². The molecule has 0 radical (unpaired) electrons. The van der Waals surface area contributed by atoms with Crippen LogP contribution in [0.4, 0.5) is 11.6 Å². The standard InChI is InChI=1S/C11H20N4O/c1-4-9-14-10(12)8(3)11(15-9)13-6-7-16-5-2/h4-7H2,1-3H3,(H3,12,13,14,15). The predicted octanol–water partition coefficient (Wildman–Crippen LogP) is 1.38. The Balaban J connectivity index is 2.66. The molecule has 0 aliphatic carbocycles. The third-order valence-corrected chi connectivity index (χ3v) is 2.29. The summed E-state index contributed by atoms with van der Waals surface area (Å²) in [4.78, 5) is 8.58. The molecule has 0 atom stereocenters. The molecule has 0 aliphatic heterocycles. The van der Waals surface area contributed by atoms with E-state index in [9.17, 15) is 0 Å². The topological polar surface area (TPSA) is 73.1 Å². The summed E-state index contributed by atoms with van der Waals surface area (Å²) in [5.74, 6) is 2.12. The van der Waals surface area contributed by atoms with E-state index in [0.29, 0.717) is 12.4 Å². The van der Waals surface area contributed by atoms with Crippen LogP contribution in [-0.2, 0) is 11.2 Å². The van der Waals surface area contributed by atoms with Crippen molar-refractivity contribution in [1.29, 1.82) is 0 Å². The number of hydrogen-bond acceptors (Lipinski definition) is 5. The van der Waals surface area contributed by atoms with Gasteiger partial charge in [-0.2, -0.15) is 0 Å². The smallest absolute Gasteiger partial charge is 0.134 e. The minimum Gasteiger partial charge on any atom is -0.383 e. The van der Waals surface area contributed by atoms with Crippen LogP contribution in [0.3, 0.4) is 0 Å². The van der Waals surface area contributed by atoms with Gasteiger partial charge in [0.05, 0.1) is 6.61 Å². The Bertz CT molecular complexity index is 341. The molecule has 0 saturated carbocycles. The minimum absolute atomic E-state index is 0.547. The summed E-state index contributed by atoms with van der Waals surface area (Å²) in [5, 5.41) is 3.21. The van der Waals surface area contributed by atoms with Gasteiger partial charge in [0.1, 0.15) is 17.5 Å². The summed E-state index contributed by atoms with van der Waals surface area (Å²) < 4.78 is 5.24. The zero-order chi connectivity index (χ0) is 12.0. The third kappa shape index (κ3) is 3.34. The van der Waals surface area contributed by atoms with Crippen molar-refractivity contribution >= 4 is 11.6 Å². The fourth-order valence-corrected chi connectivity index (χ4v) is 1.30. The molecular weight excluding hydrogens is 204 g/mol. The number of rotatable bonds is 6. The molecule has 1 heterocycles. The predicted molar refractivity (Wildman–Crippen MR) is 65.5 cm³/mol. The first kappa shape index (κ1) is 12.7. The highest BCUT2D eigenvalue weighted by Gasteiger charge is 2.06. The molecule has 0 unspecified atom stereocenters. The monoisotopic (exact) mass is 224 g/mol. The van der Waals surface area contributed by atoms with Crippen LogP contribution in [0.1, 0.15) is 25.2 Å². The van der Waals surface area contributed by atoms with Crippen molar-refractivity contribution in [3.8, 4) is 0 Å². The highest BCUT2D eigenvalue weighted by atomic mass is 16.5. The van der Waals surface area contributed by atoms with Gasteiger partial charge in [0.25, 0.3) is 0 Å². The molecule has 0 spiro atoms. The first-order chi connectivity index (χ1) is 7.69. The van der Waals surface area contributed by atoms with Gasteiger partial charge in [0, 0.05) is 25.1 Å². The number of anilines is 2. The SMILES string of the molecule is CCOCCNc1nc(CC)nc(N)c1C. The van der Waals surface area contributed by atoms with Crippen LogP contribution >= 0.6 is 0 Å². The van der Waals surface area contributed by atoms with E-state index in [1.54, 1.807) is 0 Å². The Labute approximate surface area is 96.4 Å². The van der Waals surface area contributed by atoms with Crippen molar-refractivity contribution in [3.63, 3.8) is 0 Å². The molecule has 0 bridgehead atoms. The maximum absolute atomic E-state index is 5.81. The van der Waals surface area contributed by atoms with E-state index in [4.69, 9.17) is 10.5 Å². The Morgan fingerprint density at radius 1 is 1.31 bits per heavy atom. The lowest BCUT2D eigenvalue weighted by atomic mass is 10.3. The average Bonchev–Trinajstić information content (AvgIpc) is 2.29. The largest absolute Gasteiger partial charge is 0.383 e. The Morgan fingerprint density at radius 2 is 2.06 bits per heavy atom. The molecule has 90 valence electrons. The second kappa shape index (κ2) is 6.27. The molecular formula is C11H20N4O. The lowest BCUT2D eigenvalue weighted by Crippen LogP contribution is -2.13. The molecule has 1 aromatic heterocycles. The maximum Gasteiger partial charge on any atom is 0.134 e. The third-order valence-electron chi connectivity index (χ3n) is 2.29. The first-order valence-corrected chi connectivity index (χ1v) is 5.63. The number of aryl methyl sites for hydroxylation is 1. The molecule has 16 heavy (non-hydrogen) atoms. The Morgan fingerprint density at radius 3 is 2.69 bits per heavy atom. The lowest BCUT2D eigenvalue weighted by Gasteiger charge is -2.11. The molecule has 5 nitrogen and oxygen atoms in total. The second-order valence-corrected chi connectivity index (χ2v) is 3.48. The molecule has 0 fully saturated rings. The molecule has 0 aliphatic rings. The minimum atomic E-state index is 0.547. The van der Waals surface area contributed by atoms with Gasteiger partial charge in [-0.25, -0.2) is 9.97 Å². The van der Waals surface area contributed by atoms with Crippen LogP contribution in [0.25, 0.3) is 0 Å². The number of nitrogens with one attached hydrogen (secondary N) is 1.